The maximum Gasteiger partial charge on any atom is 0.242 e. The van der Waals surface area contributed by atoms with Gasteiger partial charge in [0, 0.05) is 29.9 Å². The van der Waals surface area contributed by atoms with Crippen molar-refractivity contribution >= 4 is 33.4 Å². The lowest BCUT2D eigenvalue weighted by Gasteiger charge is -2.30. The molecule has 2 unspecified atom stereocenters. The monoisotopic (exact) mass is 429 g/mol. The zero-order valence-electron chi connectivity index (χ0n) is 16.7. The second kappa shape index (κ2) is 10.0. The standard InChI is InChI=1S/C18H27N3O5S2/c1-18(2,3)16(17(23)19-4)21-15(22)10-13(11-20-24)27-12-6-8-14(9-7-12)28(5,25)26/h6-9,13,16H,10-11H2,1-5H3,(H,19,23)(H,21,22). The van der Waals surface area contributed by atoms with Gasteiger partial charge in [-0.15, -0.1) is 11.8 Å². The largest absolute Gasteiger partial charge is 0.357 e. The van der Waals surface area contributed by atoms with Crippen LogP contribution in [-0.4, -0.2) is 51.4 Å². The van der Waals surface area contributed by atoms with Crippen molar-refractivity contribution in [2.45, 2.75) is 48.3 Å². The molecule has 1 aromatic carbocycles. The van der Waals surface area contributed by atoms with Gasteiger partial charge in [-0.3, -0.25) is 9.59 Å². The minimum atomic E-state index is -3.30. The third-order valence-corrected chi connectivity index (χ3v) is 6.25. The summed E-state index contributed by atoms with van der Waals surface area (Å²) in [4.78, 5) is 36.2. The number of hydrogen-bond donors (Lipinski definition) is 2. The van der Waals surface area contributed by atoms with Crippen LogP contribution in [0.1, 0.15) is 27.2 Å². The first-order valence-corrected chi connectivity index (χ1v) is 11.4. The van der Waals surface area contributed by atoms with Crippen LogP contribution in [-0.2, 0) is 19.4 Å². The molecule has 0 aliphatic carbocycles. The van der Waals surface area contributed by atoms with Crippen LogP contribution in [0.5, 0.6) is 0 Å². The van der Waals surface area contributed by atoms with Crippen molar-refractivity contribution in [2.24, 2.45) is 10.6 Å². The maximum atomic E-state index is 12.5. The average Bonchev–Trinajstić information content (AvgIpc) is 2.58. The van der Waals surface area contributed by atoms with E-state index in [4.69, 9.17) is 0 Å². The molecule has 0 saturated heterocycles. The van der Waals surface area contributed by atoms with Crippen LogP contribution < -0.4 is 10.6 Å². The van der Waals surface area contributed by atoms with E-state index < -0.39 is 26.5 Å². The topological polar surface area (TPSA) is 122 Å². The number of hydrogen-bond acceptors (Lipinski definition) is 7. The molecule has 0 radical (unpaired) electrons. The molecule has 0 fully saturated rings. The number of carbonyl (C=O) groups is 2. The quantitative estimate of drug-likeness (QED) is 0.457. The molecule has 0 heterocycles. The Bertz CT molecular complexity index is 802. The van der Waals surface area contributed by atoms with Gasteiger partial charge in [0.1, 0.15) is 6.04 Å². The molecule has 1 rings (SSSR count). The van der Waals surface area contributed by atoms with Crippen LogP contribution in [0.3, 0.4) is 0 Å². The van der Waals surface area contributed by atoms with Gasteiger partial charge in [0.2, 0.25) is 11.8 Å². The predicted molar refractivity (Wildman–Crippen MR) is 110 cm³/mol. The first-order chi connectivity index (χ1) is 12.9. The summed E-state index contributed by atoms with van der Waals surface area (Å²) in [5.41, 5.74) is -0.483. The van der Waals surface area contributed by atoms with E-state index in [9.17, 15) is 22.9 Å². The Morgan fingerprint density at radius 2 is 1.75 bits per heavy atom. The third kappa shape index (κ3) is 7.59. The van der Waals surface area contributed by atoms with Crippen LogP contribution in [0.25, 0.3) is 0 Å². The van der Waals surface area contributed by atoms with Crippen molar-refractivity contribution < 1.29 is 18.0 Å². The third-order valence-electron chi connectivity index (χ3n) is 3.93. The number of likely N-dealkylation sites (N-methyl/N-ethyl adjacent to an activating group) is 1. The summed E-state index contributed by atoms with van der Waals surface area (Å²) in [6.07, 6.45) is 1.12. The number of nitrogens with one attached hydrogen (secondary N) is 2. The number of carbonyl (C=O) groups excluding carboxylic acids is 2. The fourth-order valence-corrected chi connectivity index (χ4v) is 4.11. The van der Waals surface area contributed by atoms with Crippen molar-refractivity contribution in [1.82, 2.24) is 10.6 Å². The summed E-state index contributed by atoms with van der Waals surface area (Å²) in [5.74, 6) is -0.660. The molecule has 0 aliphatic heterocycles. The van der Waals surface area contributed by atoms with Gasteiger partial charge in [-0.05, 0) is 29.7 Å². The van der Waals surface area contributed by atoms with Crippen molar-refractivity contribution in [1.29, 1.82) is 0 Å². The van der Waals surface area contributed by atoms with Gasteiger partial charge in [0.05, 0.1) is 11.4 Å². The number of benzene rings is 1. The van der Waals surface area contributed by atoms with Crippen LogP contribution in [0.4, 0.5) is 0 Å². The lowest BCUT2D eigenvalue weighted by molar-refractivity contribution is -0.131. The van der Waals surface area contributed by atoms with Gasteiger partial charge in [-0.2, -0.15) is 4.91 Å². The summed E-state index contributed by atoms with van der Waals surface area (Å²) in [5, 5.41) is 7.72. The van der Waals surface area contributed by atoms with Gasteiger partial charge in [-0.25, -0.2) is 8.42 Å². The number of nitrogens with zero attached hydrogens (tertiary/aromatic N) is 1. The Morgan fingerprint density at radius 1 is 1.18 bits per heavy atom. The van der Waals surface area contributed by atoms with Crippen molar-refractivity contribution in [2.75, 3.05) is 19.8 Å². The number of thioether (sulfide) groups is 1. The zero-order chi connectivity index (χ0) is 21.5. The molecule has 1 aromatic rings. The van der Waals surface area contributed by atoms with Crippen LogP contribution in [0.15, 0.2) is 39.2 Å². The van der Waals surface area contributed by atoms with E-state index in [1.807, 2.05) is 20.8 Å². The Balaban J connectivity index is 2.84. The normalized spacial score (nSPS) is 14.0. The highest BCUT2D eigenvalue weighted by atomic mass is 32.2. The summed E-state index contributed by atoms with van der Waals surface area (Å²) in [6.45, 7) is 5.44. The smallest absolute Gasteiger partial charge is 0.242 e. The molecule has 28 heavy (non-hydrogen) atoms. The van der Waals surface area contributed by atoms with E-state index in [1.165, 1.54) is 30.9 Å². The predicted octanol–water partition coefficient (Wildman–Crippen LogP) is 1.98. The molecule has 0 bridgehead atoms. The van der Waals surface area contributed by atoms with Gasteiger partial charge < -0.3 is 10.6 Å². The Hall–Kier alpha value is -1.94. The molecule has 0 spiro atoms. The van der Waals surface area contributed by atoms with E-state index in [-0.39, 0.29) is 29.7 Å². The fraction of sp³-hybridized carbons (Fsp3) is 0.556. The lowest BCUT2D eigenvalue weighted by atomic mass is 9.86. The number of amides is 2. The minimum Gasteiger partial charge on any atom is -0.357 e. The van der Waals surface area contributed by atoms with Gasteiger partial charge >= 0.3 is 0 Å². The van der Waals surface area contributed by atoms with Crippen molar-refractivity contribution in [3.05, 3.63) is 29.2 Å². The minimum absolute atomic E-state index is 0.00614. The van der Waals surface area contributed by atoms with Gasteiger partial charge in [0.25, 0.3) is 0 Å². The lowest BCUT2D eigenvalue weighted by Crippen LogP contribution is -2.53. The van der Waals surface area contributed by atoms with E-state index in [1.54, 1.807) is 12.1 Å². The summed E-state index contributed by atoms with van der Waals surface area (Å²) in [7, 11) is -1.79. The second-order valence-electron chi connectivity index (χ2n) is 7.48. The first-order valence-electron chi connectivity index (χ1n) is 8.65. The first kappa shape index (κ1) is 24.1. The highest BCUT2D eigenvalue weighted by Crippen LogP contribution is 2.27. The summed E-state index contributed by atoms with van der Waals surface area (Å²) in [6, 6.07) is 5.49. The highest BCUT2D eigenvalue weighted by Gasteiger charge is 2.32. The maximum absolute atomic E-state index is 12.5. The number of rotatable bonds is 9. The molecular formula is C18H27N3O5S2. The van der Waals surface area contributed by atoms with Crippen molar-refractivity contribution in [3.63, 3.8) is 0 Å². The molecule has 0 saturated carbocycles. The van der Waals surface area contributed by atoms with E-state index in [2.05, 4.69) is 15.8 Å². The van der Waals surface area contributed by atoms with E-state index >= 15 is 0 Å². The molecular weight excluding hydrogens is 402 g/mol. The molecule has 2 amide bonds. The number of sulfone groups is 1. The fourth-order valence-electron chi connectivity index (χ4n) is 2.43. The molecule has 2 N–H and O–H groups in total. The zero-order valence-corrected chi connectivity index (χ0v) is 18.3. The Labute approximate surface area is 170 Å². The summed E-state index contributed by atoms with van der Waals surface area (Å²) >= 11 is 1.26. The highest BCUT2D eigenvalue weighted by molar-refractivity contribution is 8.00. The molecule has 156 valence electrons. The molecule has 0 aliphatic rings. The van der Waals surface area contributed by atoms with E-state index in [0.717, 1.165) is 6.26 Å². The van der Waals surface area contributed by atoms with Crippen molar-refractivity contribution in [3.8, 4) is 0 Å². The van der Waals surface area contributed by atoms with Crippen LogP contribution in [0.2, 0.25) is 0 Å². The summed E-state index contributed by atoms with van der Waals surface area (Å²) < 4.78 is 23.1. The van der Waals surface area contributed by atoms with Gasteiger partial charge in [0.15, 0.2) is 9.84 Å². The van der Waals surface area contributed by atoms with Crippen LogP contribution in [0, 0.1) is 10.3 Å². The second-order valence-corrected chi connectivity index (χ2v) is 10.9. The number of nitroso groups, excluding NO2 is 1. The average molecular weight is 430 g/mol. The van der Waals surface area contributed by atoms with Gasteiger partial charge in [-0.1, -0.05) is 25.9 Å². The molecule has 2 atom stereocenters. The molecule has 0 aromatic heterocycles. The molecule has 8 nitrogen and oxygen atoms in total. The Kier molecular flexibility index (Phi) is 8.62. The Morgan fingerprint density at radius 3 is 2.18 bits per heavy atom. The SMILES string of the molecule is CNC(=O)C(NC(=O)CC(CN=O)Sc1ccc(S(C)(=O)=O)cc1)C(C)(C)C. The van der Waals surface area contributed by atoms with E-state index in [0.29, 0.717) is 4.90 Å². The molecule has 10 heteroatoms. The van der Waals surface area contributed by atoms with Crippen LogP contribution >= 0.6 is 11.8 Å².